The van der Waals surface area contributed by atoms with Gasteiger partial charge >= 0.3 is 0 Å². The summed E-state index contributed by atoms with van der Waals surface area (Å²) in [6.07, 6.45) is 0. The number of rotatable bonds is 3. The predicted octanol–water partition coefficient (Wildman–Crippen LogP) is 3.76. The molecular weight excluding hydrogens is 266 g/mol. The quantitative estimate of drug-likeness (QED) is 0.541. The third-order valence-electron chi connectivity index (χ3n) is 3.21. The van der Waals surface area contributed by atoms with E-state index in [1.54, 1.807) is 22.9 Å². The summed E-state index contributed by atoms with van der Waals surface area (Å²) < 4.78 is 1.73. The van der Waals surface area contributed by atoms with Gasteiger partial charge in [-0.15, -0.1) is 0 Å². The molecule has 0 bridgehead atoms. The first-order chi connectivity index (χ1) is 10.2. The maximum Gasteiger partial charge on any atom is 0.278 e. The van der Waals surface area contributed by atoms with Gasteiger partial charge in [0.2, 0.25) is 0 Å². The molecule has 0 spiro atoms. The summed E-state index contributed by atoms with van der Waals surface area (Å²) in [5, 5.41) is 15.7. The molecule has 1 aromatic heterocycles. The first-order valence-electron chi connectivity index (χ1n) is 6.52. The zero-order chi connectivity index (χ0) is 14.8. The van der Waals surface area contributed by atoms with E-state index in [1.165, 1.54) is 6.07 Å². The molecule has 0 amide bonds. The fourth-order valence-electron chi connectivity index (χ4n) is 2.31. The van der Waals surface area contributed by atoms with Gasteiger partial charge in [0.15, 0.2) is 0 Å². The van der Waals surface area contributed by atoms with Crippen molar-refractivity contribution in [1.82, 2.24) is 9.78 Å². The lowest BCUT2D eigenvalue weighted by Crippen LogP contribution is -2.00. The predicted molar refractivity (Wildman–Crippen MR) is 80.4 cm³/mol. The van der Waals surface area contributed by atoms with Gasteiger partial charge in [0.1, 0.15) is 0 Å². The van der Waals surface area contributed by atoms with Crippen molar-refractivity contribution in [3.05, 3.63) is 76.5 Å². The summed E-state index contributed by atoms with van der Waals surface area (Å²) in [6.45, 7) is 1.87. The Balaban J connectivity index is 2.23. The highest BCUT2D eigenvalue weighted by molar-refractivity contribution is 5.72. The number of nitrogens with zero attached hydrogens (tertiary/aromatic N) is 3. The van der Waals surface area contributed by atoms with Crippen LogP contribution in [0.1, 0.15) is 5.69 Å². The lowest BCUT2D eigenvalue weighted by atomic mass is 10.1. The van der Waals surface area contributed by atoms with E-state index < -0.39 is 0 Å². The van der Waals surface area contributed by atoms with Crippen LogP contribution in [0.5, 0.6) is 0 Å². The summed E-state index contributed by atoms with van der Waals surface area (Å²) >= 11 is 0. The van der Waals surface area contributed by atoms with Crippen molar-refractivity contribution in [2.24, 2.45) is 0 Å². The smallest absolute Gasteiger partial charge is 0.258 e. The van der Waals surface area contributed by atoms with Crippen LogP contribution in [0.2, 0.25) is 0 Å². The minimum absolute atomic E-state index is 0.0783. The van der Waals surface area contributed by atoms with Crippen LogP contribution in [0.4, 0.5) is 5.69 Å². The molecule has 21 heavy (non-hydrogen) atoms. The van der Waals surface area contributed by atoms with Crippen LogP contribution < -0.4 is 0 Å². The van der Waals surface area contributed by atoms with Crippen LogP contribution in [0, 0.1) is 17.0 Å². The van der Waals surface area contributed by atoms with Gasteiger partial charge in [-0.25, -0.2) is 4.68 Å². The van der Waals surface area contributed by atoms with E-state index in [-0.39, 0.29) is 10.6 Å². The summed E-state index contributed by atoms with van der Waals surface area (Å²) in [4.78, 5) is 10.9. The Hall–Kier alpha value is -2.95. The molecule has 5 heteroatoms. The van der Waals surface area contributed by atoms with E-state index in [2.05, 4.69) is 5.10 Å². The highest BCUT2D eigenvalue weighted by Gasteiger charge is 2.19. The van der Waals surface area contributed by atoms with E-state index in [4.69, 9.17) is 0 Å². The molecule has 3 rings (SSSR count). The number of hydrogen-bond acceptors (Lipinski definition) is 3. The van der Waals surface area contributed by atoms with Gasteiger partial charge < -0.3 is 0 Å². The van der Waals surface area contributed by atoms with Crippen molar-refractivity contribution in [2.45, 2.75) is 6.92 Å². The van der Waals surface area contributed by atoms with Crippen LogP contribution in [0.25, 0.3) is 16.9 Å². The SMILES string of the molecule is Cc1cc(-c2ccccc2[N+](=O)[O-])n(-c2ccccc2)n1. The van der Waals surface area contributed by atoms with E-state index in [9.17, 15) is 10.1 Å². The number of hydrogen-bond donors (Lipinski definition) is 0. The number of nitro benzene ring substituents is 1. The molecule has 3 aromatic rings. The van der Waals surface area contributed by atoms with Gasteiger partial charge in [-0.3, -0.25) is 10.1 Å². The molecule has 5 nitrogen and oxygen atoms in total. The van der Waals surface area contributed by atoms with Crippen LogP contribution in [0.15, 0.2) is 60.7 Å². The first kappa shape index (κ1) is 13.1. The second-order valence-corrected chi connectivity index (χ2v) is 4.69. The minimum Gasteiger partial charge on any atom is -0.258 e. The average molecular weight is 279 g/mol. The van der Waals surface area contributed by atoms with Crippen molar-refractivity contribution in [2.75, 3.05) is 0 Å². The van der Waals surface area contributed by atoms with Crippen LogP contribution in [0.3, 0.4) is 0 Å². The van der Waals surface area contributed by atoms with Gasteiger partial charge in [0, 0.05) is 6.07 Å². The Morgan fingerprint density at radius 1 is 1.05 bits per heavy atom. The standard InChI is InChI=1S/C16H13N3O2/c1-12-11-16(14-9-5-6-10-15(14)19(20)21)18(17-12)13-7-3-2-4-8-13/h2-11H,1H3. The lowest BCUT2D eigenvalue weighted by molar-refractivity contribution is -0.384. The fourth-order valence-corrected chi connectivity index (χ4v) is 2.31. The summed E-state index contributed by atoms with van der Waals surface area (Å²) in [5.74, 6) is 0. The van der Waals surface area contributed by atoms with Crippen LogP contribution in [-0.4, -0.2) is 14.7 Å². The highest BCUT2D eigenvalue weighted by Crippen LogP contribution is 2.31. The molecule has 0 aliphatic carbocycles. The van der Waals surface area contributed by atoms with Crippen molar-refractivity contribution < 1.29 is 4.92 Å². The number of nitro groups is 1. The topological polar surface area (TPSA) is 61.0 Å². The lowest BCUT2D eigenvalue weighted by Gasteiger charge is -2.07. The van der Waals surface area contributed by atoms with Gasteiger partial charge in [0.05, 0.1) is 27.6 Å². The van der Waals surface area contributed by atoms with Crippen molar-refractivity contribution >= 4 is 5.69 Å². The summed E-state index contributed by atoms with van der Waals surface area (Å²) in [5.41, 5.74) is 3.04. The first-order valence-corrected chi connectivity index (χ1v) is 6.52. The molecule has 0 unspecified atom stereocenters. The zero-order valence-electron chi connectivity index (χ0n) is 11.4. The molecule has 0 saturated carbocycles. The van der Waals surface area contributed by atoms with E-state index in [0.717, 1.165) is 11.4 Å². The largest absolute Gasteiger partial charge is 0.278 e. The Kier molecular flexibility index (Phi) is 3.23. The Bertz CT molecular complexity index is 794. The van der Waals surface area contributed by atoms with Gasteiger partial charge in [-0.05, 0) is 31.2 Å². The summed E-state index contributed by atoms with van der Waals surface area (Å²) in [7, 11) is 0. The number of benzene rings is 2. The van der Waals surface area contributed by atoms with E-state index in [1.807, 2.05) is 43.3 Å². The number of aromatic nitrogens is 2. The van der Waals surface area contributed by atoms with Crippen molar-refractivity contribution in [1.29, 1.82) is 0 Å². The normalized spacial score (nSPS) is 10.5. The fraction of sp³-hybridized carbons (Fsp3) is 0.0625. The average Bonchev–Trinajstić information content (AvgIpc) is 2.90. The molecule has 0 fully saturated rings. The van der Waals surface area contributed by atoms with E-state index >= 15 is 0 Å². The molecule has 2 aromatic carbocycles. The molecule has 0 aliphatic heterocycles. The second kappa shape index (κ2) is 5.20. The molecule has 0 radical (unpaired) electrons. The third-order valence-corrected chi connectivity index (χ3v) is 3.21. The van der Waals surface area contributed by atoms with Crippen molar-refractivity contribution in [3.8, 4) is 16.9 Å². The molecule has 1 heterocycles. The molecule has 104 valence electrons. The molecule has 0 aliphatic rings. The minimum atomic E-state index is -0.368. The van der Waals surface area contributed by atoms with E-state index in [0.29, 0.717) is 11.3 Å². The zero-order valence-corrected chi connectivity index (χ0v) is 11.4. The maximum absolute atomic E-state index is 11.2. The number of para-hydroxylation sites is 2. The molecule has 0 atom stereocenters. The van der Waals surface area contributed by atoms with Gasteiger partial charge in [-0.2, -0.15) is 5.10 Å². The maximum atomic E-state index is 11.2. The van der Waals surface area contributed by atoms with Crippen LogP contribution >= 0.6 is 0 Å². The van der Waals surface area contributed by atoms with Gasteiger partial charge in [-0.1, -0.05) is 30.3 Å². The number of aryl methyl sites for hydroxylation is 1. The molecular formula is C16H13N3O2. The van der Waals surface area contributed by atoms with Crippen molar-refractivity contribution in [3.63, 3.8) is 0 Å². The van der Waals surface area contributed by atoms with Gasteiger partial charge in [0.25, 0.3) is 5.69 Å². The molecule has 0 saturated heterocycles. The third kappa shape index (κ3) is 2.41. The monoisotopic (exact) mass is 279 g/mol. The Labute approximate surface area is 121 Å². The highest BCUT2D eigenvalue weighted by atomic mass is 16.6. The second-order valence-electron chi connectivity index (χ2n) is 4.69. The van der Waals surface area contributed by atoms with Crippen LogP contribution in [-0.2, 0) is 0 Å². The Morgan fingerprint density at radius 2 is 1.71 bits per heavy atom. The summed E-state index contributed by atoms with van der Waals surface area (Å²) in [6, 6.07) is 18.2. The molecule has 0 N–H and O–H groups in total. The Morgan fingerprint density at radius 3 is 2.43 bits per heavy atom.